The van der Waals surface area contributed by atoms with Crippen molar-refractivity contribution in [1.29, 1.82) is 0 Å². The lowest BCUT2D eigenvalue weighted by atomic mass is 9.78. The van der Waals surface area contributed by atoms with Gasteiger partial charge < -0.3 is 10.4 Å². The molecule has 0 aromatic rings. The summed E-state index contributed by atoms with van der Waals surface area (Å²) in [6.45, 7) is 4.20. The summed E-state index contributed by atoms with van der Waals surface area (Å²) in [5.41, 5.74) is 0. The van der Waals surface area contributed by atoms with Crippen molar-refractivity contribution in [2.75, 3.05) is 0 Å². The van der Waals surface area contributed by atoms with Gasteiger partial charge in [0, 0.05) is 6.04 Å². The minimum atomic E-state index is -0.819. The molecule has 0 aliphatic heterocycles. The van der Waals surface area contributed by atoms with E-state index in [0.717, 1.165) is 25.7 Å². The van der Waals surface area contributed by atoms with Crippen molar-refractivity contribution >= 4 is 11.9 Å². The van der Waals surface area contributed by atoms with Crippen LogP contribution in [0.1, 0.15) is 71.6 Å². The van der Waals surface area contributed by atoms with Crippen LogP contribution in [0.2, 0.25) is 0 Å². The van der Waals surface area contributed by atoms with Crippen LogP contribution in [0.25, 0.3) is 0 Å². The molecule has 0 saturated heterocycles. The normalized spacial score (nSPS) is 24.1. The molecule has 4 heteroatoms. The Kier molecular flexibility index (Phi) is 7.63. The van der Waals surface area contributed by atoms with Crippen LogP contribution in [0.15, 0.2) is 0 Å². The fourth-order valence-electron chi connectivity index (χ4n) is 3.04. The topological polar surface area (TPSA) is 66.4 Å². The van der Waals surface area contributed by atoms with Gasteiger partial charge in [0.2, 0.25) is 5.91 Å². The summed E-state index contributed by atoms with van der Waals surface area (Å²) in [4.78, 5) is 23.5. The van der Waals surface area contributed by atoms with Crippen molar-refractivity contribution in [3.63, 3.8) is 0 Å². The van der Waals surface area contributed by atoms with Crippen LogP contribution in [0, 0.1) is 11.8 Å². The quantitative estimate of drug-likeness (QED) is 0.671. The van der Waals surface area contributed by atoms with Crippen LogP contribution in [-0.2, 0) is 9.59 Å². The average molecular weight is 283 g/mol. The first-order valence-corrected chi connectivity index (χ1v) is 8.09. The van der Waals surface area contributed by atoms with Gasteiger partial charge >= 0.3 is 5.97 Å². The maximum atomic E-state index is 12.2. The van der Waals surface area contributed by atoms with Crippen LogP contribution in [-0.4, -0.2) is 23.0 Å². The maximum absolute atomic E-state index is 12.2. The molecule has 0 spiro atoms. The number of carboxylic acid groups (broad SMARTS) is 1. The molecule has 0 aromatic carbocycles. The molecule has 3 atom stereocenters. The fraction of sp³-hybridized carbons (Fsp3) is 0.875. The summed E-state index contributed by atoms with van der Waals surface area (Å²) in [6, 6.07) is 0.149. The first kappa shape index (κ1) is 17.0. The van der Waals surface area contributed by atoms with Crippen molar-refractivity contribution in [2.24, 2.45) is 11.8 Å². The van der Waals surface area contributed by atoms with Gasteiger partial charge in [0.15, 0.2) is 0 Å². The highest BCUT2D eigenvalue weighted by Crippen LogP contribution is 2.30. The number of carboxylic acids is 1. The Bertz CT molecular complexity index is 317. The monoisotopic (exact) mass is 283 g/mol. The molecule has 1 amide bonds. The van der Waals surface area contributed by atoms with Crippen molar-refractivity contribution in [3.05, 3.63) is 0 Å². The Morgan fingerprint density at radius 1 is 1.15 bits per heavy atom. The highest BCUT2D eigenvalue weighted by Gasteiger charge is 2.35. The van der Waals surface area contributed by atoms with E-state index in [1.54, 1.807) is 0 Å². The van der Waals surface area contributed by atoms with Gasteiger partial charge in [0.25, 0.3) is 0 Å². The van der Waals surface area contributed by atoms with Crippen molar-refractivity contribution < 1.29 is 14.7 Å². The lowest BCUT2D eigenvalue weighted by Gasteiger charge is -2.28. The van der Waals surface area contributed by atoms with Gasteiger partial charge in [-0.05, 0) is 26.2 Å². The summed E-state index contributed by atoms with van der Waals surface area (Å²) in [5, 5.41) is 12.2. The van der Waals surface area contributed by atoms with E-state index in [1.165, 1.54) is 19.3 Å². The zero-order valence-corrected chi connectivity index (χ0v) is 12.9. The molecule has 1 aliphatic rings. The van der Waals surface area contributed by atoms with Crippen molar-refractivity contribution in [2.45, 2.75) is 77.7 Å². The van der Waals surface area contributed by atoms with Gasteiger partial charge in [-0.2, -0.15) is 0 Å². The highest BCUT2D eigenvalue weighted by atomic mass is 16.4. The van der Waals surface area contributed by atoms with E-state index in [1.807, 2.05) is 6.92 Å². The fourth-order valence-corrected chi connectivity index (χ4v) is 3.04. The number of unbranched alkanes of at least 4 members (excludes halogenated alkanes) is 3. The van der Waals surface area contributed by atoms with Gasteiger partial charge in [-0.15, -0.1) is 0 Å². The molecular formula is C16H29NO3. The number of hydrogen-bond donors (Lipinski definition) is 2. The van der Waals surface area contributed by atoms with Crippen LogP contribution in [0.5, 0.6) is 0 Å². The van der Waals surface area contributed by atoms with Gasteiger partial charge in [0.1, 0.15) is 0 Å². The molecule has 4 nitrogen and oxygen atoms in total. The minimum absolute atomic E-state index is 0.0555. The zero-order valence-electron chi connectivity index (χ0n) is 12.9. The molecule has 116 valence electrons. The first-order chi connectivity index (χ1) is 9.56. The summed E-state index contributed by atoms with van der Waals surface area (Å²) >= 11 is 0. The van der Waals surface area contributed by atoms with E-state index in [-0.39, 0.29) is 17.9 Å². The third-order valence-electron chi connectivity index (χ3n) is 4.30. The van der Waals surface area contributed by atoms with E-state index < -0.39 is 11.9 Å². The molecular weight excluding hydrogens is 254 g/mol. The number of nitrogens with one attached hydrogen (secondary N) is 1. The minimum Gasteiger partial charge on any atom is -0.481 e. The maximum Gasteiger partial charge on any atom is 0.307 e. The van der Waals surface area contributed by atoms with Crippen molar-refractivity contribution in [1.82, 2.24) is 5.32 Å². The van der Waals surface area contributed by atoms with Crippen LogP contribution in [0.3, 0.4) is 0 Å². The SMILES string of the molecule is CCCCCC[C@H](C)NC(=O)[C@@H]1CCCC[C@@H]1C(=O)O. The Morgan fingerprint density at radius 2 is 1.80 bits per heavy atom. The van der Waals surface area contributed by atoms with Crippen LogP contribution in [0.4, 0.5) is 0 Å². The molecule has 1 aliphatic carbocycles. The van der Waals surface area contributed by atoms with Gasteiger partial charge in [-0.3, -0.25) is 9.59 Å². The molecule has 0 aromatic heterocycles. The Hall–Kier alpha value is -1.06. The standard InChI is InChI=1S/C16H29NO3/c1-3-4-5-6-9-12(2)17-15(18)13-10-7-8-11-14(13)16(19)20/h12-14H,3-11H2,1-2H3,(H,17,18)(H,19,20)/t12-,13+,14-/m0/s1. The molecule has 0 unspecified atom stereocenters. The Balaban J connectivity index is 2.37. The molecule has 1 rings (SSSR count). The predicted octanol–water partition coefficient (Wildman–Crippen LogP) is 3.35. The van der Waals surface area contributed by atoms with E-state index >= 15 is 0 Å². The molecule has 1 fully saturated rings. The van der Waals surface area contributed by atoms with Crippen LogP contribution < -0.4 is 5.32 Å². The summed E-state index contributed by atoms with van der Waals surface area (Å²) in [7, 11) is 0. The lowest BCUT2D eigenvalue weighted by Crippen LogP contribution is -2.43. The molecule has 0 heterocycles. The zero-order chi connectivity index (χ0) is 15.0. The van der Waals surface area contributed by atoms with Gasteiger partial charge in [-0.25, -0.2) is 0 Å². The number of aliphatic carboxylic acids is 1. The second kappa shape index (κ2) is 8.98. The summed E-state index contributed by atoms with van der Waals surface area (Å²) in [5.74, 6) is -1.70. The van der Waals surface area contributed by atoms with Gasteiger partial charge in [0.05, 0.1) is 11.8 Å². The Morgan fingerprint density at radius 3 is 2.40 bits per heavy atom. The summed E-state index contributed by atoms with van der Waals surface area (Å²) < 4.78 is 0. The number of carbonyl (C=O) groups excluding carboxylic acids is 1. The van der Waals surface area contributed by atoms with E-state index in [4.69, 9.17) is 0 Å². The van der Waals surface area contributed by atoms with E-state index in [9.17, 15) is 14.7 Å². The Labute approximate surface area is 122 Å². The number of hydrogen-bond acceptors (Lipinski definition) is 2. The van der Waals surface area contributed by atoms with E-state index in [2.05, 4.69) is 12.2 Å². The van der Waals surface area contributed by atoms with Crippen molar-refractivity contribution in [3.8, 4) is 0 Å². The molecule has 0 radical (unpaired) electrons. The number of carbonyl (C=O) groups is 2. The molecule has 0 bridgehead atoms. The second-order valence-corrected chi connectivity index (χ2v) is 6.09. The van der Waals surface area contributed by atoms with E-state index in [0.29, 0.717) is 12.8 Å². The molecule has 1 saturated carbocycles. The number of amides is 1. The average Bonchev–Trinajstić information content (AvgIpc) is 2.43. The largest absolute Gasteiger partial charge is 0.481 e. The third kappa shape index (κ3) is 5.51. The van der Waals surface area contributed by atoms with Crippen LogP contribution >= 0.6 is 0 Å². The van der Waals surface area contributed by atoms with Gasteiger partial charge in [-0.1, -0.05) is 45.4 Å². The number of rotatable bonds is 8. The molecule has 20 heavy (non-hydrogen) atoms. The summed E-state index contributed by atoms with van der Waals surface area (Å²) in [6.07, 6.45) is 9.01. The predicted molar refractivity (Wildman–Crippen MR) is 79.4 cm³/mol. The second-order valence-electron chi connectivity index (χ2n) is 6.09. The first-order valence-electron chi connectivity index (χ1n) is 8.09. The highest BCUT2D eigenvalue weighted by molar-refractivity contribution is 5.85. The smallest absolute Gasteiger partial charge is 0.307 e. The molecule has 2 N–H and O–H groups in total. The third-order valence-corrected chi connectivity index (χ3v) is 4.30. The lowest BCUT2D eigenvalue weighted by molar-refractivity contribution is -0.149.